The molecule has 1 saturated carbocycles. The Labute approximate surface area is 182 Å². The van der Waals surface area contributed by atoms with Crippen LogP contribution in [0.4, 0.5) is 0 Å². The number of rotatable bonds is 7. The Morgan fingerprint density at radius 1 is 0.935 bits per heavy atom. The van der Waals surface area contributed by atoms with Gasteiger partial charge in [-0.05, 0) is 62.8 Å². The molecule has 0 bridgehead atoms. The van der Waals surface area contributed by atoms with Crippen LogP contribution in [0.25, 0.3) is 11.1 Å². The van der Waals surface area contributed by atoms with Gasteiger partial charge in [0.15, 0.2) is 22.9 Å². The second-order valence-corrected chi connectivity index (χ2v) is 8.50. The first-order chi connectivity index (χ1) is 14.9. The third-order valence-corrected chi connectivity index (χ3v) is 6.04. The third kappa shape index (κ3) is 3.87. The van der Waals surface area contributed by atoms with Crippen LogP contribution in [0.5, 0.6) is 17.2 Å². The molecule has 0 spiro atoms. The molecular weight excluding hydrogens is 396 g/mol. The van der Waals surface area contributed by atoms with Crippen molar-refractivity contribution >= 4 is 11.8 Å². The van der Waals surface area contributed by atoms with Crippen LogP contribution in [-0.2, 0) is 16.0 Å². The van der Waals surface area contributed by atoms with Gasteiger partial charge in [0, 0.05) is 17.5 Å². The number of fused-ring (bicyclic) bond motifs is 1. The molecule has 2 aliphatic carbocycles. The van der Waals surface area contributed by atoms with Crippen LogP contribution < -0.4 is 14.2 Å². The lowest BCUT2D eigenvalue weighted by atomic mass is 9.95. The van der Waals surface area contributed by atoms with Gasteiger partial charge in [-0.3, -0.25) is 4.79 Å². The average Bonchev–Trinajstić information content (AvgIpc) is 3.11. The van der Waals surface area contributed by atoms with Crippen molar-refractivity contribution in [2.24, 2.45) is 0 Å². The first kappa shape index (κ1) is 21.2. The largest absolute Gasteiger partial charge is 0.493 e. The maximum Gasteiger partial charge on any atom is 0.350 e. The minimum absolute atomic E-state index is 0.0366. The lowest BCUT2D eigenvalue weighted by molar-refractivity contribution is -0.168. The number of ketones is 1. The zero-order valence-electron chi connectivity index (χ0n) is 18.4. The summed E-state index contributed by atoms with van der Waals surface area (Å²) in [5.74, 6) is 1.01. The van der Waals surface area contributed by atoms with E-state index in [1.54, 1.807) is 27.0 Å². The molecule has 0 aliphatic heterocycles. The van der Waals surface area contributed by atoms with E-state index >= 15 is 0 Å². The molecule has 1 fully saturated rings. The topological polar surface area (TPSA) is 71.1 Å². The van der Waals surface area contributed by atoms with Gasteiger partial charge < -0.3 is 18.9 Å². The highest BCUT2D eigenvalue weighted by molar-refractivity contribution is 6.02. The van der Waals surface area contributed by atoms with E-state index in [0.29, 0.717) is 30.1 Å². The van der Waals surface area contributed by atoms with Gasteiger partial charge >= 0.3 is 5.97 Å². The van der Waals surface area contributed by atoms with E-state index in [1.807, 2.05) is 24.3 Å². The van der Waals surface area contributed by atoms with Gasteiger partial charge in [0.25, 0.3) is 0 Å². The number of esters is 1. The highest BCUT2D eigenvalue weighted by Crippen LogP contribution is 2.48. The summed E-state index contributed by atoms with van der Waals surface area (Å²) in [6.45, 7) is 3.38. The summed E-state index contributed by atoms with van der Waals surface area (Å²) in [7, 11) is 3.09. The molecule has 0 radical (unpaired) electrons. The summed E-state index contributed by atoms with van der Waals surface area (Å²) in [6, 6.07) is 9.37. The van der Waals surface area contributed by atoms with Crippen LogP contribution in [0.2, 0.25) is 0 Å². The molecule has 164 valence electrons. The van der Waals surface area contributed by atoms with Gasteiger partial charge in [-0.15, -0.1) is 0 Å². The Morgan fingerprint density at radius 3 is 2.32 bits per heavy atom. The number of Topliss-reactive ketones (excluding diaryl/α,β-unsaturated/α-hetero) is 1. The number of carbonyl (C=O) groups excluding carboxylic acids is 2. The molecule has 0 saturated heterocycles. The fourth-order valence-electron chi connectivity index (χ4n) is 4.03. The number of hydrogen-bond acceptors (Lipinski definition) is 6. The maximum atomic E-state index is 12.8. The fourth-order valence-corrected chi connectivity index (χ4v) is 4.03. The molecule has 0 N–H and O–H groups in total. The number of methoxy groups -OCH3 is 2. The van der Waals surface area contributed by atoms with E-state index in [2.05, 4.69) is 0 Å². The summed E-state index contributed by atoms with van der Waals surface area (Å²) >= 11 is 0. The van der Waals surface area contributed by atoms with Crippen LogP contribution in [0.3, 0.4) is 0 Å². The Hall–Kier alpha value is -3.02. The zero-order chi connectivity index (χ0) is 22.2. The highest BCUT2D eigenvalue weighted by atomic mass is 16.6. The molecule has 2 aliphatic rings. The normalized spacial score (nSPS) is 15.8. The summed E-state index contributed by atoms with van der Waals surface area (Å²) < 4.78 is 23.0. The zero-order valence-corrected chi connectivity index (χ0v) is 18.4. The van der Waals surface area contributed by atoms with E-state index in [9.17, 15) is 9.59 Å². The predicted molar refractivity (Wildman–Crippen MR) is 116 cm³/mol. The second kappa shape index (κ2) is 8.25. The number of benzene rings is 2. The maximum absolute atomic E-state index is 12.8. The van der Waals surface area contributed by atoms with Gasteiger partial charge in [0.1, 0.15) is 6.10 Å². The van der Waals surface area contributed by atoms with Crippen molar-refractivity contribution in [2.75, 3.05) is 14.2 Å². The lowest BCUT2D eigenvalue weighted by Crippen LogP contribution is -2.43. The second-order valence-electron chi connectivity index (χ2n) is 8.50. The fraction of sp³-hybridized carbons (Fsp3) is 0.440. The third-order valence-electron chi connectivity index (χ3n) is 6.04. The molecule has 0 unspecified atom stereocenters. The molecule has 31 heavy (non-hydrogen) atoms. The quantitative estimate of drug-likeness (QED) is 0.597. The minimum atomic E-state index is -1.24. The lowest BCUT2D eigenvalue weighted by Gasteiger charge is -2.32. The molecule has 6 heteroatoms. The van der Waals surface area contributed by atoms with Crippen LogP contribution in [0.15, 0.2) is 30.3 Å². The molecule has 0 amide bonds. The summed E-state index contributed by atoms with van der Waals surface area (Å²) in [4.78, 5) is 25.1. The number of carbonyl (C=O) groups is 2. The van der Waals surface area contributed by atoms with Crippen molar-refractivity contribution in [1.82, 2.24) is 0 Å². The van der Waals surface area contributed by atoms with Crippen molar-refractivity contribution in [3.05, 3.63) is 41.5 Å². The Balaban J connectivity index is 1.79. The van der Waals surface area contributed by atoms with Gasteiger partial charge in [-0.2, -0.15) is 0 Å². The summed E-state index contributed by atoms with van der Waals surface area (Å²) in [5, 5.41) is 0. The SMILES string of the molecule is COc1ccc(-c2cccc3c2CCC3=O)c(OC(C)(C)C(=O)OC2CCC2)c1OC. The average molecular weight is 424 g/mol. The van der Waals surface area contributed by atoms with Gasteiger partial charge in [0.2, 0.25) is 5.75 Å². The number of hydrogen-bond donors (Lipinski definition) is 0. The van der Waals surface area contributed by atoms with Crippen LogP contribution >= 0.6 is 0 Å². The first-order valence-corrected chi connectivity index (χ1v) is 10.7. The molecule has 0 atom stereocenters. The standard InChI is InChI=1S/C25H28O6/c1-25(2,24(27)30-15-7-5-8-15)31-22-19(12-14-21(28-3)23(22)29-4)16-9-6-10-18-17(16)11-13-20(18)26/h6,9-10,12,14-15H,5,7-8,11,13H2,1-4H3. The Morgan fingerprint density at radius 2 is 1.68 bits per heavy atom. The van der Waals surface area contributed by atoms with Crippen molar-refractivity contribution in [1.29, 1.82) is 0 Å². The van der Waals surface area contributed by atoms with Crippen molar-refractivity contribution < 1.29 is 28.5 Å². The van der Waals surface area contributed by atoms with Crippen LogP contribution in [-0.4, -0.2) is 37.7 Å². The molecular formula is C25H28O6. The van der Waals surface area contributed by atoms with Crippen molar-refractivity contribution in [3.63, 3.8) is 0 Å². The van der Waals surface area contributed by atoms with Gasteiger partial charge in [-0.1, -0.05) is 18.2 Å². The van der Waals surface area contributed by atoms with E-state index < -0.39 is 11.6 Å². The van der Waals surface area contributed by atoms with Crippen molar-refractivity contribution in [2.45, 2.75) is 57.7 Å². The monoisotopic (exact) mass is 424 g/mol. The van der Waals surface area contributed by atoms with E-state index in [4.69, 9.17) is 18.9 Å². The van der Waals surface area contributed by atoms with Gasteiger partial charge in [-0.25, -0.2) is 4.79 Å². The summed E-state index contributed by atoms with van der Waals surface area (Å²) in [6.07, 6.45) is 3.98. The molecule has 4 rings (SSSR count). The minimum Gasteiger partial charge on any atom is -0.493 e. The molecule has 2 aromatic carbocycles. The van der Waals surface area contributed by atoms with Crippen LogP contribution in [0.1, 0.15) is 55.5 Å². The molecule has 0 heterocycles. The predicted octanol–water partition coefficient (Wildman–Crippen LogP) is 4.75. The molecule has 2 aromatic rings. The highest BCUT2D eigenvalue weighted by Gasteiger charge is 2.37. The number of ether oxygens (including phenoxy) is 4. The van der Waals surface area contributed by atoms with E-state index in [-0.39, 0.29) is 11.9 Å². The first-order valence-electron chi connectivity index (χ1n) is 10.7. The van der Waals surface area contributed by atoms with Gasteiger partial charge in [0.05, 0.1) is 14.2 Å². The smallest absolute Gasteiger partial charge is 0.350 e. The Bertz CT molecular complexity index is 1020. The van der Waals surface area contributed by atoms with E-state index in [0.717, 1.165) is 41.5 Å². The van der Waals surface area contributed by atoms with Crippen LogP contribution in [0, 0.1) is 0 Å². The van der Waals surface area contributed by atoms with Crippen molar-refractivity contribution in [3.8, 4) is 28.4 Å². The van der Waals surface area contributed by atoms with E-state index in [1.165, 1.54) is 7.11 Å². The molecule has 6 nitrogen and oxygen atoms in total. The summed E-state index contributed by atoms with van der Waals surface area (Å²) in [5.41, 5.74) is 2.12. The molecule has 0 aromatic heterocycles. The Kier molecular flexibility index (Phi) is 5.65.